The van der Waals surface area contributed by atoms with Gasteiger partial charge in [0.15, 0.2) is 17.5 Å². The van der Waals surface area contributed by atoms with E-state index in [-0.39, 0.29) is 6.03 Å². The van der Waals surface area contributed by atoms with Crippen molar-refractivity contribution < 1.29 is 23.8 Å². The van der Waals surface area contributed by atoms with E-state index in [1.807, 2.05) is 11.4 Å². The van der Waals surface area contributed by atoms with Gasteiger partial charge in [0.25, 0.3) is 0 Å². The molecule has 0 saturated heterocycles. The number of rotatable bonds is 4. The number of anilines is 1. The smallest absolute Gasteiger partial charge is 0.333 e. The lowest BCUT2D eigenvalue weighted by atomic mass is 10.0. The van der Waals surface area contributed by atoms with Crippen LogP contribution in [0.5, 0.6) is 11.5 Å². The van der Waals surface area contributed by atoms with Gasteiger partial charge in [0, 0.05) is 23.2 Å². The Labute approximate surface area is 155 Å². The fourth-order valence-electron chi connectivity index (χ4n) is 3.01. The van der Waals surface area contributed by atoms with Crippen molar-refractivity contribution in [3.05, 3.63) is 40.1 Å². The number of nitrogens with zero attached hydrogens (tertiary/aromatic N) is 1. The van der Waals surface area contributed by atoms with Crippen LogP contribution >= 0.6 is 11.3 Å². The molecule has 1 aromatic carbocycles. The first-order valence-corrected chi connectivity index (χ1v) is 8.90. The number of urea groups is 1. The molecule has 7 nitrogen and oxygen atoms in total. The van der Waals surface area contributed by atoms with E-state index < -0.39 is 12.0 Å². The van der Waals surface area contributed by atoms with Gasteiger partial charge in [0.2, 0.25) is 0 Å². The van der Waals surface area contributed by atoms with Gasteiger partial charge in [-0.15, -0.1) is 11.3 Å². The van der Waals surface area contributed by atoms with E-state index in [1.165, 1.54) is 19.1 Å². The molecule has 0 fully saturated rings. The van der Waals surface area contributed by atoms with Gasteiger partial charge >= 0.3 is 12.0 Å². The molecular formula is C18H20N2O5S. The van der Waals surface area contributed by atoms with E-state index in [0.29, 0.717) is 30.2 Å². The van der Waals surface area contributed by atoms with Crippen LogP contribution in [0.2, 0.25) is 0 Å². The fourth-order valence-corrected chi connectivity index (χ4v) is 3.91. The maximum absolute atomic E-state index is 12.8. The van der Waals surface area contributed by atoms with Crippen LogP contribution < -0.4 is 14.8 Å². The summed E-state index contributed by atoms with van der Waals surface area (Å²) in [5.74, 6) is 0.624. The normalized spacial score (nSPS) is 15.8. The maximum atomic E-state index is 12.8. The standard InChI is InChI=1S/C18H20N2O5S/c1-23-13-5-4-11(10-14(13)24-2)19-18(22)20-8-6-15-12(7-9-26-15)16(20)17(21)25-3/h4-5,7,9-10,16H,6,8H2,1-3H3,(H,19,22). The van der Waals surface area contributed by atoms with Gasteiger partial charge in [-0.25, -0.2) is 9.59 Å². The highest BCUT2D eigenvalue weighted by molar-refractivity contribution is 7.10. The molecule has 1 atom stereocenters. The molecule has 1 aliphatic rings. The molecule has 2 heterocycles. The third kappa shape index (κ3) is 3.32. The average molecular weight is 376 g/mol. The van der Waals surface area contributed by atoms with Crippen molar-refractivity contribution in [3.63, 3.8) is 0 Å². The molecule has 138 valence electrons. The van der Waals surface area contributed by atoms with Crippen molar-refractivity contribution in [2.24, 2.45) is 0 Å². The molecule has 1 N–H and O–H groups in total. The molecule has 0 saturated carbocycles. The molecular weight excluding hydrogens is 356 g/mol. The first kappa shape index (κ1) is 18.1. The van der Waals surface area contributed by atoms with Crippen molar-refractivity contribution in [1.29, 1.82) is 0 Å². The number of methoxy groups -OCH3 is 3. The number of thiophene rings is 1. The zero-order valence-electron chi connectivity index (χ0n) is 14.8. The number of carbonyl (C=O) groups is 2. The summed E-state index contributed by atoms with van der Waals surface area (Å²) in [7, 11) is 4.40. The van der Waals surface area contributed by atoms with Crippen LogP contribution in [-0.4, -0.2) is 44.8 Å². The highest BCUT2D eigenvalue weighted by atomic mass is 32.1. The Morgan fingerprint density at radius 2 is 1.92 bits per heavy atom. The summed E-state index contributed by atoms with van der Waals surface area (Å²) in [5, 5.41) is 4.74. The summed E-state index contributed by atoms with van der Waals surface area (Å²) in [4.78, 5) is 27.7. The molecule has 0 radical (unpaired) electrons. The highest BCUT2D eigenvalue weighted by Gasteiger charge is 2.37. The van der Waals surface area contributed by atoms with Crippen LogP contribution in [0.4, 0.5) is 10.5 Å². The number of amides is 2. The van der Waals surface area contributed by atoms with E-state index in [2.05, 4.69) is 5.32 Å². The molecule has 1 aromatic heterocycles. The summed E-state index contributed by atoms with van der Waals surface area (Å²) < 4.78 is 15.4. The van der Waals surface area contributed by atoms with Crippen LogP contribution in [0.25, 0.3) is 0 Å². The van der Waals surface area contributed by atoms with Crippen LogP contribution in [0.1, 0.15) is 16.5 Å². The van der Waals surface area contributed by atoms with Crippen molar-refractivity contribution >= 4 is 29.0 Å². The highest BCUT2D eigenvalue weighted by Crippen LogP contribution is 2.35. The van der Waals surface area contributed by atoms with E-state index >= 15 is 0 Å². The molecule has 1 aliphatic heterocycles. The van der Waals surface area contributed by atoms with Crippen LogP contribution in [-0.2, 0) is 16.0 Å². The fraction of sp³-hybridized carbons (Fsp3) is 0.333. The Morgan fingerprint density at radius 3 is 2.62 bits per heavy atom. The van der Waals surface area contributed by atoms with Crippen molar-refractivity contribution in [1.82, 2.24) is 4.90 Å². The number of hydrogen-bond acceptors (Lipinski definition) is 6. The summed E-state index contributed by atoms with van der Waals surface area (Å²) in [6.07, 6.45) is 0.708. The second-order valence-electron chi connectivity index (χ2n) is 5.67. The number of nitrogens with one attached hydrogen (secondary N) is 1. The zero-order valence-corrected chi connectivity index (χ0v) is 15.6. The van der Waals surface area contributed by atoms with Gasteiger partial charge in [-0.2, -0.15) is 0 Å². The van der Waals surface area contributed by atoms with Gasteiger partial charge in [-0.3, -0.25) is 0 Å². The van der Waals surface area contributed by atoms with E-state index in [9.17, 15) is 9.59 Å². The maximum Gasteiger partial charge on any atom is 0.333 e. The van der Waals surface area contributed by atoms with E-state index in [4.69, 9.17) is 14.2 Å². The number of hydrogen-bond donors (Lipinski definition) is 1. The summed E-state index contributed by atoms with van der Waals surface area (Å²) >= 11 is 1.59. The van der Waals surface area contributed by atoms with Gasteiger partial charge in [-0.05, 0) is 35.6 Å². The first-order chi connectivity index (χ1) is 12.6. The van der Waals surface area contributed by atoms with Gasteiger partial charge in [-0.1, -0.05) is 0 Å². The minimum Gasteiger partial charge on any atom is -0.493 e. The molecule has 2 aromatic rings. The zero-order chi connectivity index (χ0) is 18.7. The molecule has 0 spiro atoms. The number of ether oxygens (including phenoxy) is 3. The monoisotopic (exact) mass is 376 g/mol. The van der Waals surface area contributed by atoms with E-state index in [0.717, 1.165) is 10.4 Å². The van der Waals surface area contributed by atoms with Crippen LogP contribution in [0.3, 0.4) is 0 Å². The molecule has 1 unspecified atom stereocenters. The summed E-state index contributed by atoms with van der Waals surface area (Å²) in [6.45, 7) is 0.437. The molecule has 26 heavy (non-hydrogen) atoms. The molecule has 0 bridgehead atoms. The third-order valence-electron chi connectivity index (χ3n) is 4.29. The second kappa shape index (κ2) is 7.65. The quantitative estimate of drug-likeness (QED) is 0.830. The largest absolute Gasteiger partial charge is 0.493 e. The Morgan fingerprint density at radius 1 is 1.15 bits per heavy atom. The first-order valence-electron chi connectivity index (χ1n) is 8.02. The minimum absolute atomic E-state index is 0.371. The lowest BCUT2D eigenvalue weighted by molar-refractivity contribution is -0.146. The second-order valence-corrected chi connectivity index (χ2v) is 6.67. The molecule has 3 rings (SSSR count). The number of fused-ring (bicyclic) bond motifs is 1. The van der Waals surface area contributed by atoms with Crippen LogP contribution in [0.15, 0.2) is 29.6 Å². The Bertz CT molecular complexity index is 820. The average Bonchev–Trinajstić information content (AvgIpc) is 3.15. The summed E-state index contributed by atoms with van der Waals surface area (Å²) in [6, 6.07) is 5.85. The van der Waals surface area contributed by atoms with Crippen LogP contribution in [0, 0.1) is 0 Å². The van der Waals surface area contributed by atoms with Gasteiger partial charge in [0.1, 0.15) is 0 Å². The summed E-state index contributed by atoms with van der Waals surface area (Å²) in [5.41, 5.74) is 1.38. The predicted octanol–water partition coefficient (Wildman–Crippen LogP) is 3.07. The van der Waals surface area contributed by atoms with Gasteiger partial charge in [0.05, 0.1) is 21.3 Å². The molecule has 0 aliphatic carbocycles. The number of benzene rings is 1. The topological polar surface area (TPSA) is 77.1 Å². The SMILES string of the molecule is COC(=O)C1c2ccsc2CCN1C(=O)Nc1ccc(OC)c(OC)c1. The van der Waals surface area contributed by atoms with Crippen molar-refractivity contribution in [2.45, 2.75) is 12.5 Å². The Hall–Kier alpha value is -2.74. The van der Waals surface area contributed by atoms with Crippen molar-refractivity contribution in [3.8, 4) is 11.5 Å². The minimum atomic E-state index is -0.741. The third-order valence-corrected chi connectivity index (χ3v) is 5.28. The van der Waals surface area contributed by atoms with E-state index in [1.54, 1.807) is 36.6 Å². The molecule has 8 heteroatoms. The van der Waals surface area contributed by atoms with Crippen molar-refractivity contribution in [2.75, 3.05) is 33.2 Å². The van der Waals surface area contributed by atoms with Gasteiger partial charge < -0.3 is 24.4 Å². The predicted molar refractivity (Wildman–Crippen MR) is 98.1 cm³/mol. The Kier molecular flexibility index (Phi) is 5.32. The molecule has 2 amide bonds. The lowest BCUT2D eigenvalue weighted by Gasteiger charge is -2.33. The number of esters is 1. The lowest BCUT2D eigenvalue weighted by Crippen LogP contribution is -2.45. The Balaban J connectivity index is 1.84. The number of carbonyl (C=O) groups excluding carboxylic acids is 2.